The van der Waals surface area contributed by atoms with Crippen LogP contribution in [-0.4, -0.2) is 86.3 Å². The van der Waals surface area contributed by atoms with Crippen molar-refractivity contribution in [2.24, 2.45) is 0 Å². The Labute approximate surface area is 254 Å². The third kappa shape index (κ3) is 8.03. The van der Waals surface area contributed by atoms with Gasteiger partial charge < -0.3 is 34.1 Å². The van der Waals surface area contributed by atoms with E-state index in [4.69, 9.17) is 28.5 Å². The minimum atomic E-state index is -3.67. The van der Waals surface area contributed by atoms with Crippen molar-refractivity contribution in [3.8, 4) is 17.5 Å². The number of aromatic nitrogens is 4. The van der Waals surface area contributed by atoms with Gasteiger partial charge in [-0.1, -0.05) is 24.3 Å². The van der Waals surface area contributed by atoms with Crippen LogP contribution < -0.4 is 24.4 Å². The number of methoxy groups -OCH3 is 2. The van der Waals surface area contributed by atoms with Gasteiger partial charge in [0.1, 0.15) is 0 Å². The summed E-state index contributed by atoms with van der Waals surface area (Å²) in [6, 6.07) is 20.5. The fraction of sp³-hybridized carbons (Fsp3) is 0.300. The maximum atomic E-state index is 9.19. The first kappa shape index (κ1) is 30.8. The van der Waals surface area contributed by atoms with E-state index in [2.05, 4.69) is 49.4 Å². The molecule has 5 aromatic rings. The Morgan fingerprint density at radius 2 is 1.66 bits per heavy atom. The fourth-order valence-corrected chi connectivity index (χ4v) is 4.72. The van der Waals surface area contributed by atoms with Gasteiger partial charge in [0.2, 0.25) is 11.9 Å². The van der Waals surface area contributed by atoms with Crippen LogP contribution in [0.1, 0.15) is 5.56 Å². The van der Waals surface area contributed by atoms with Crippen molar-refractivity contribution < 1.29 is 31.9 Å². The van der Waals surface area contributed by atoms with Gasteiger partial charge in [-0.25, -0.2) is 0 Å². The molecule has 44 heavy (non-hydrogen) atoms. The number of para-hydroxylation sites is 1. The van der Waals surface area contributed by atoms with Crippen molar-refractivity contribution in [2.75, 3.05) is 63.6 Å². The molecular formula is C30H34N6O7S. The van der Waals surface area contributed by atoms with Gasteiger partial charge in [-0.3, -0.25) is 4.55 Å². The highest BCUT2D eigenvalue weighted by atomic mass is 32.2. The molecule has 0 aliphatic carbocycles. The number of nitrogens with one attached hydrogen (secondary N) is 2. The molecule has 0 amide bonds. The van der Waals surface area contributed by atoms with Crippen molar-refractivity contribution in [2.45, 2.75) is 6.42 Å². The van der Waals surface area contributed by atoms with Crippen LogP contribution in [0.4, 0.5) is 17.6 Å². The second kappa shape index (κ2) is 13.8. The van der Waals surface area contributed by atoms with Crippen LogP contribution in [0.2, 0.25) is 0 Å². The van der Waals surface area contributed by atoms with Gasteiger partial charge in [-0.2, -0.15) is 23.4 Å². The molecule has 0 saturated carbocycles. The second-order valence-electron chi connectivity index (χ2n) is 9.92. The molecule has 0 unspecified atom stereocenters. The topological polar surface area (TPSA) is 161 Å². The number of fused-ring (bicyclic) bond motifs is 3. The lowest BCUT2D eigenvalue weighted by Gasteiger charge is -2.27. The summed E-state index contributed by atoms with van der Waals surface area (Å²) in [5, 5.41) is 5.66. The number of aromatic amines is 1. The molecule has 0 radical (unpaired) electrons. The summed E-state index contributed by atoms with van der Waals surface area (Å²) in [5.41, 5.74) is 4.11. The number of rotatable bonds is 9. The fourth-order valence-electron chi connectivity index (χ4n) is 4.72. The van der Waals surface area contributed by atoms with Crippen LogP contribution in [-0.2, 0) is 21.3 Å². The predicted molar refractivity (Wildman–Crippen MR) is 168 cm³/mol. The number of nitrogens with zero attached hydrogens (tertiary/aromatic N) is 4. The standard InChI is InChI=1S/C29H30N6O4.CH4O3S/c1-36-25-10-7-19(17-26(25)37-2)11-14-39-29-33-27(32-28(34-29)35-12-15-38-16-13-35)30-20-8-9-24-22(18-20)21-5-3-4-6-23(21)31-24;1-5(2,3)4/h3-10,17-18,31H,11-16H2,1-2H3,(H,30,32,33,34);1H3,(H,2,3,4). The van der Waals surface area contributed by atoms with Gasteiger partial charge in [0.05, 0.1) is 40.3 Å². The van der Waals surface area contributed by atoms with Gasteiger partial charge in [-0.15, -0.1) is 0 Å². The molecular weight excluding hydrogens is 588 g/mol. The number of hydrogen-bond acceptors (Lipinski definition) is 11. The molecule has 1 aliphatic rings. The molecule has 14 heteroatoms. The lowest BCUT2D eigenvalue weighted by atomic mass is 10.1. The molecule has 1 aliphatic heterocycles. The predicted octanol–water partition coefficient (Wildman–Crippen LogP) is 4.23. The van der Waals surface area contributed by atoms with E-state index in [1.54, 1.807) is 14.2 Å². The first-order chi connectivity index (χ1) is 21.2. The molecule has 1 saturated heterocycles. The van der Waals surface area contributed by atoms with E-state index in [0.29, 0.717) is 69.0 Å². The lowest BCUT2D eigenvalue weighted by molar-refractivity contribution is 0.122. The minimum Gasteiger partial charge on any atom is -0.493 e. The molecule has 6 rings (SSSR count). The summed E-state index contributed by atoms with van der Waals surface area (Å²) >= 11 is 0. The molecule has 3 N–H and O–H groups in total. The van der Waals surface area contributed by atoms with Gasteiger partial charge in [0, 0.05) is 47.0 Å². The van der Waals surface area contributed by atoms with Crippen LogP contribution in [0.15, 0.2) is 60.7 Å². The Morgan fingerprint density at radius 1 is 0.932 bits per heavy atom. The number of morpholine rings is 1. The van der Waals surface area contributed by atoms with Crippen molar-refractivity contribution in [3.05, 3.63) is 66.2 Å². The summed E-state index contributed by atoms with van der Waals surface area (Å²) in [6.07, 6.45) is 1.37. The number of hydrogen-bond donors (Lipinski definition) is 3. The van der Waals surface area contributed by atoms with E-state index in [9.17, 15) is 8.42 Å². The Balaban J connectivity index is 0.000000712. The van der Waals surface area contributed by atoms with Crippen molar-refractivity contribution in [1.82, 2.24) is 19.9 Å². The highest BCUT2D eigenvalue weighted by Crippen LogP contribution is 2.30. The molecule has 2 aromatic heterocycles. The second-order valence-corrected chi connectivity index (χ2v) is 11.4. The molecule has 0 bridgehead atoms. The lowest BCUT2D eigenvalue weighted by Crippen LogP contribution is -2.37. The Kier molecular flexibility index (Phi) is 9.62. The number of ether oxygens (including phenoxy) is 4. The Morgan fingerprint density at radius 3 is 2.41 bits per heavy atom. The first-order valence-electron chi connectivity index (χ1n) is 13.8. The van der Waals surface area contributed by atoms with Gasteiger partial charge in [-0.05, 0) is 42.0 Å². The number of anilines is 3. The van der Waals surface area contributed by atoms with Gasteiger partial charge in [0.25, 0.3) is 10.1 Å². The molecule has 3 heterocycles. The zero-order valence-corrected chi connectivity index (χ0v) is 25.4. The van der Waals surface area contributed by atoms with Crippen molar-refractivity contribution in [1.29, 1.82) is 0 Å². The normalized spacial score (nSPS) is 13.3. The summed E-state index contributed by atoms with van der Waals surface area (Å²) in [7, 11) is -0.418. The molecule has 0 atom stereocenters. The third-order valence-corrected chi connectivity index (χ3v) is 6.73. The van der Waals surface area contributed by atoms with Crippen LogP contribution in [0, 0.1) is 0 Å². The smallest absolute Gasteiger partial charge is 0.323 e. The highest BCUT2D eigenvalue weighted by molar-refractivity contribution is 7.85. The third-order valence-electron chi connectivity index (χ3n) is 6.73. The first-order valence-corrected chi connectivity index (χ1v) is 15.7. The van der Waals surface area contributed by atoms with Gasteiger partial charge in [0.15, 0.2) is 11.5 Å². The van der Waals surface area contributed by atoms with Crippen LogP contribution in [0.5, 0.6) is 17.5 Å². The quantitative estimate of drug-likeness (QED) is 0.201. The minimum absolute atomic E-state index is 0.266. The SMILES string of the molecule is COc1ccc(CCOc2nc(Nc3ccc4[nH]c5ccccc5c4c3)nc(N3CCOCC3)n2)cc1OC.CS(=O)(=O)O. The van der Waals surface area contributed by atoms with E-state index in [1.165, 1.54) is 5.39 Å². The van der Waals surface area contributed by atoms with E-state index >= 15 is 0 Å². The van der Waals surface area contributed by atoms with Crippen LogP contribution in [0.25, 0.3) is 21.8 Å². The number of H-pyrrole nitrogens is 1. The number of benzene rings is 3. The molecule has 13 nitrogen and oxygen atoms in total. The monoisotopic (exact) mass is 622 g/mol. The molecule has 1 fully saturated rings. The van der Waals surface area contributed by atoms with Crippen molar-refractivity contribution >= 4 is 49.5 Å². The molecule has 0 spiro atoms. The largest absolute Gasteiger partial charge is 0.493 e. The average Bonchev–Trinajstić information content (AvgIpc) is 3.38. The Bertz CT molecular complexity index is 1830. The van der Waals surface area contributed by atoms with Gasteiger partial charge >= 0.3 is 6.01 Å². The molecule has 232 valence electrons. The average molecular weight is 623 g/mol. The summed E-state index contributed by atoms with van der Waals surface area (Å²) < 4.78 is 48.2. The maximum absolute atomic E-state index is 9.19. The summed E-state index contributed by atoms with van der Waals surface area (Å²) in [5.74, 6) is 2.36. The zero-order chi connectivity index (χ0) is 31.1. The summed E-state index contributed by atoms with van der Waals surface area (Å²) in [4.78, 5) is 19.4. The van der Waals surface area contributed by atoms with E-state index < -0.39 is 10.1 Å². The van der Waals surface area contributed by atoms with Crippen molar-refractivity contribution in [3.63, 3.8) is 0 Å². The Hall–Kier alpha value is -4.66. The van der Waals surface area contributed by atoms with E-state index in [0.717, 1.165) is 27.7 Å². The van der Waals surface area contributed by atoms with Crippen LogP contribution in [0.3, 0.4) is 0 Å². The van der Waals surface area contributed by atoms with Crippen LogP contribution >= 0.6 is 0 Å². The summed E-state index contributed by atoms with van der Waals surface area (Å²) in [6.45, 7) is 3.05. The maximum Gasteiger partial charge on any atom is 0.323 e. The zero-order valence-electron chi connectivity index (χ0n) is 24.6. The molecule has 3 aromatic carbocycles. The van der Waals surface area contributed by atoms with E-state index in [1.807, 2.05) is 36.4 Å². The highest BCUT2D eigenvalue weighted by Gasteiger charge is 2.18. The van der Waals surface area contributed by atoms with E-state index in [-0.39, 0.29) is 6.01 Å².